The van der Waals surface area contributed by atoms with E-state index in [0.717, 1.165) is 38.5 Å². The Bertz CT molecular complexity index is 1140. The van der Waals surface area contributed by atoms with Crippen molar-refractivity contribution in [3.05, 3.63) is 64.8 Å². The normalized spacial score (nSPS) is 36.7. The van der Waals surface area contributed by atoms with Crippen LogP contribution in [0.2, 0.25) is 0 Å². The molecule has 1 aromatic rings. The molecule has 5 aliphatic rings. The molecule has 4 aliphatic carbocycles. The Morgan fingerprint density at radius 3 is 2.50 bits per heavy atom. The van der Waals surface area contributed by atoms with Crippen molar-refractivity contribution < 1.29 is 14.3 Å². The number of rotatable bonds is 2. The van der Waals surface area contributed by atoms with Gasteiger partial charge in [0.15, 0.2) is 5.78 Å². The van der Waals surface area contributed by atoms with Gasteiger partial charge in [0.1, 0.15) is 5.60 Å². The van der Waals surface area contributed by atoms with E-state index in [1.165, 1.54) is 22.4 Å². The second kappa shape index (κ2) is 7.44. The fraction of sp³-hybridized carbons (Fsp3) is 0.533. The molecule has 5 atom stereocenters. The van der Waals surface area contributed by atoms with Crippen LogP contribution in [0.1, 0.15) is 69.8 Å². The number of esters is 1. The van der Waals surface area contributed by atoms with Gasteiger partial charge < -0.3 is 9.64 Å². The molecule has 0 amide bonds. The molecule has 1 aromatic carbocycles. The Labute approximate surface area is 202 Å². The molecule has 0 unspecified atom stereocenters. The van der Waals surface area contributed by atoms with Crippen molar-refractivity contribution in [2.75, 3.05) is 19.0 Å². The standard InChI is InChI=1S/C30H35NO3/c1-18-16-30(34-28(18)33)14-13-26-24-11-7-20-15-22(32)10-12-23(20)27(24)25(17-29(26,30)2)19-5-8-21(9-6-19)31(3)4/h5-6,8-9,15,24-26H,1,7,10-14,16-17H2,2-4H3/t24-,25+,26-,29-,30+/m0/s1. The Morgan fingerprint density at radius 1 is 1.06 bits per heavy atom. The minimum absolute atomic E-state index is 0.0760. The van der Waals surface area contributed by atoms with Crippen molar-refractivity contribution in [1.82, 2.24) is 0 Å². The number of fused-ring (bicyclic) bond motifs is 5. The molecule has 1 heterocycles. The highest BCUT2D eigenvalue weighted by molar-refractivity contribution is 5.93. The van der Waals surface area contributed by atoms with Gasteiger partial charge in [-0.25, -0.2) is 4.79 Å². The predicted octanol–water partition coefficient (Wildman–Crippen LogP) is 5.89. The van der Waals surface area contributed by atoms with Gasteiger partial charge in [0.25, 0.3) is 0 Å². The van der Waals surface area contributed by atoms with Crippen LogP contribution in [0.25, 0.3) is 0 Å². The Hall–Kier alpha value is -2.62. The third-order valence-corrected chi connectivity index (χ3v) is 9.91. The van der Waals surface area contributed by atoms with Gasteiger partial charge in [-0.05, 0) is 85.3 Å². The summed E-state index contributed by atoms with van der Waals surface area (Å²) in [4.78, 5) is 26.9. The van der Waals surface area contributed by atoms with Crippen LogP contribution in [0.5, 0.6) is 0 Å². The zero-order chi connectivity index (χ0) is 23.8. The molecule has 0 aromatic heterocycles. The summed E-state index contributed by atoms with van der Waals surface area (Å²) < 4.78 is 6.21. The van der Waals surface area contributed by atoms with Crippen LogP contribution in [0.4, 0.5) is 5.69 Å². The third kappa shape index (κ3) is 2.96. The first-order valence-corrected chi connectivity index (χ1v) is 12.9. The second-order valence-electron chi connectivity index (χ2n) is 11.7. The summed E-state index contributed by atoms with van der Waals surface area (Å²) in [7, 11) is 4.14. The number of carbonyl (C=O) groups is 2. The second-order valence-corrected chi connectivity index (χ2v) is 11.7. The van der Waals surface area contributed by atoms with Gasteiger partial charge in [-0.1, -0.05) is 31.2 Å². The van der Waals surface area contributed by atoms with E-state index in [4.69, 9.17) is 4.74 Å². The van der Waals surface area contributed by atoms with E-state index >= 15 is 0 Å². The molecule has 1 spiro atoms. The molecule has 0 radical (unpaired) electrons. The molecular weight excluding hydrogens is 422 g/mol. The van der Waals surface area contributed by atoms with Crippen LogP contribution in [-0.4, -0.2) is 31.4 Å². The van der Waals surface area contributed by atoms with E-state index in [2.05, 4.69) is 56.8 Å². The van der Waals surface area contributed by atoms with Gasteiger partial charge in [0.05, 0.1) is 0 Å². The average Bonchev–Trinajstić information content (AvgIpc) is 3.27. The summed E-state index contributed by atoms with van der Waals surface area (Å²) in [6, 6.07) is 9.02. The van der Waals surface area contributed by atoms with E-state index in [0.29, 0.717) is 30.3 Å². The molecule has 4 heteroatoms. The van der Waals surface area contributed by atoms with Gasteiger partial charge in [0, 0.05) is 49.5 Å². The van der Waals surface area contributed by atoms with Gasteiger partial charge >= 0.3 is 5.97 Å². The van der Waals surface area contributed by atoms with Crippen LogP contribution in [-0.2, 0) is 14.3 Å². The van der Waals surface area contributed by atoms with Gasteiger partial charge in [-0.2, -0.15) is 0 Å². The summed E-state index contributed by atoms with van der Waals surface area (Å²) in [5.41, 5.74) is 7.03. The van der Waals surface area contributed by atoms with E-state index in [-0.39, 0.29) is 23.1 Å². The topological polar surface area (TPSA) is 46.6 Å². The molecule has 3 fully saturated rings. The van der Waals surface area contributed by atoms with Crippen molar-refractivity contribution >= 4 is 17.4 Å². The highest BCUT2D eigenvalue weighted by atomic mass is 16.6. The maximum Gasteiger partial charge on any atom is 0.334 e. The lowest BCUT2D eigenvalue weighted by Crippen LogP contribution is -2.51. The number of ether oxygens (including phenoxy) is 1. The molecule has 6 rings (SSSR count). The maximum atomic E-state index is 12.5. The van der Waals surface area contributed by atoms with Crippen LogP contribution >= 0.6 is 0 Å². The number of ketones is 1. The van der Waals surface area contributed by atoms with E-state index in [9.17, 15) is 9.59 Å². The first-order chi connectivity index (χ1) is 16.2. The number of hydrogen-bond donors (Lipinski definition) is 0. The molecule has 2 saturated carbocycles. The van der Waals surface area contributed by atoms with Crippen LogP contribution in [0, 0.1) is 17.3 Å². The highest BCUT2D eigenvalue weighted by Gasteiger charge is 2.67. The highest BCUT2D eigenvalue weighted by Crippen LogP contribution is 2.69. The molecule has 1 saturated heterocycles. The van der Waals surface area contributed by atoms with Gasteiger partial charge in [-0.3, -0.25) is 4.79 Å². The Balaban J connectivity index is 1.50. The van der Waals surface area contributed by atoms with Gasteiger partial charge in [0.2, 0.25) is 0 Å². The number of anilines is 1. The lowest BCUT2D eigenvalue weighted by Gasteiger charge is -2.54. The fourth-order valence-electron chi connectivity index (χ4n) is 8.20. The van der Waals surface area contributed by atoms with Crippen LogP contribution in [0.3, 0.4) is 0 Å². The first kappa shape index (κ1) is 21.9. The van der Waals surface area contributed by atoms with Crippen LogP contribution < -0.4 is 4.90 Å². The van der Waals surface area contributed by atoms with Crippen molar-refractivity contribution in [2.45, 2.75) is 69.8 Å². The predicted molar refractivity (Wildman–Crippen MR) is 134 cm³/mol. The lowest BCUT2D eigenvalue weighted by atomic mass is 9.51. The molecule has 0 N–H and O–H groups in total. The minimum atomic E-state index is -0.414. The molecule has 34 heavy (non-hydrogen) atoms. The Morgan fingerprint density at radius 2 is 1.82 bits per heavy atom. The van der Waals surface area contributed by atoms with Crippen molar-refractivity contribution in [3.63, 3.8) is 0 Å². The molecule has 4 nitrogen and oxygen atoms in total. The Kier molecular flexibility index (Phi) is 4.79. The molecule has 0 bridgehead atoms. The first-order valence-electron chi connectivity index (χ1n) is 12.9. The number of allylic oxidation sites excluding steroid dienone is 4. The van der Waals surface area contributed by atoms with Crippen molar-refractivity contribution in [3.8, 4) is 0 Å². The minimum Gasteiger partial charge on any atom is -0.455 e. The summed E-state index contributed by atoms with van der Waals surface area (Å²) in [6.07, 6.45) is 9.21. The number of benzene rings is 1. The van der Waals surface area contributed by atoms with E-state index in [1.54, 1.807) is 5.57 Å². The SMILES string of the molecule is C=C1C[C@@]2(CC[C@H]3[C@@H]4CCC5=CC(=O)CCC5=C4[C@@H](c4ccc(N(C)C)cc4)C[C@@]32C)OC1=O. The van der Waals surface area contributed by atoms with Gasteiger partial charge in [-0.15, -0.1) is 0 Å². The quantitative estimate of drug-likeness (QED) is 0.410. The summed E-state index contributed by atoms with van der Waals surface area (Å²) in [5.74, 6) is 1.37. The maximum absolute atomic E-state index is 12.5. The van der Waals surface area contributed by atoms with E-state index in [1.807, 2.05) is 6.08 Å². The number of hydrogen-bond acceptors (Lipinski definition) is 4. The molecule has 1 aliphatic heterocycles. The molecule has 178 valence electrons. The lowest BCUT2D eigenvalue weighted by molar-refractivity contribution is -0.161. The average molecular weight is 458 g/mol. The molecular formula is C30H35NO3. The number of nitrogens with zero attached hydrogens (tertiary/aromatic N) is 1. The van der Waals surface area contributed by atoms with E-state index < -0.39 is 5.60 Å². The largest absolute Gasteiger partial charge is 0.455 e. The summed E-state index contributed by atoms with van der Waals surface area (Å²) >= 11 is 0. The summed E-state index contributed by atoms with van der Waals surface area (Å²) in [5, 5.41) is 0. The fourth-order valence-corrected chi connectivity index (χ4v) is 8.20. The summed E-state index contributed by atoms with van der Waals surface area (Å²) in [6.45, 7) is 6.44. The monoisotopic (exact) mass is 457 g/mol. The zero-order valence-electron chi connectivity index (χ0n) is 20.7. The van der Waals surface area contributed by atoms with Crippen molar-refractivity contribution in [1.29, 1.82) is 0 Å². The zero-order valence-corrected chi connectivity index (χ0v) is 20.7. The van der Waals surface area contributed by atoms with Crippen LogP contribution in [0.15, 0.2) is 59.2 Å². The third-order valence-electron chi connectivity index (χ3n) is 9.91. The van der Waals surface area contributed by atoms with Crippen molar-refractivity contribution in [2.24, 2.45) is 17.3 Å². The smallest absolute Gasteiger partial charge is 0.334 e. The number of carbonyl (C=O) groups excluding carboxylic acids is 2.